The third kappa shape index (κ3) is 4.46. The van der Waals surface area contributed by atoms with E-state index in [9.17, 15) is 9.18 Å². The van der Waals surface area contributed by atoms with E-state index in [1.807, 2.05) is 31.2 Å². The van der Waals surface area contributed by atoms with E-state index >= 15 is 0 Å². The van der Waals surface area contributed by atoms with Crippen LogP contribution in [0.25, 0.3) is 0 Å². The summed E-state index contributed by atoms with van der Waals surface area (Å²) < 4.78 is 14.4. The van der Waals surface area contributed by atoms with Crippen LogP contribution >= 0.6 is 27.7 Å². The molecule has 0 bridgehead atoms. The minimum atomic E-state index is -0.331. The van der Waals surface area contributed by atoms with Crippen LogP contribution in [0.2, 0.25) is 0 Å². The van der Waals surface area contributed by atoms with Gasteiger partial charge in [0.25, 0.3) is 0 Å². The standard InChI is InChI=1S/C16H14BrFOS/c1-11-3-2-4-15(7-11)20-10-14(19)9-12-8-13(17)5-6-16(12)18/h2-8H,9-10H2,1H3. The van der Waals surface area contributed by atoms with Gasteiger partial charge < -0.3 is 0 Å². The Labute approximate surface area is 130 Å². The lowest BCUT2D eigenvalue weighted by molar-refractivity contribution is -0.116. The van der Waals surface area contributed by atoms with Crippen LogP contribution in [0.15, 0.2) is 51.8 Å². The Hall–Kier alpha value is -1.13. The van der Waals surface area contributed by atoms with E-state index in [0.29, 0.717) is 11.3 Å². The van der Waals surface area contributed by atoms with Crippen LogP contribution < -0.4 is 0 Å². The topological polar surface area (TPSA) is 17.1 Å². The summed E-state index contributed by atoms with van der Waals surface area (Å²) in [5.74, 6) is 0.0469. The van der Waals surface area contributed by atoms with Crippen LogP contribution in [-0.2, 0) is 11.2 Å². The van der Waals surface area contributed by atoms with Gasteiger partial charge in [0.05, 0.1) is 5.75 Å². The molecular formula is C16H14BrFOS. The number of thioether (sulfide) groups is 1. The quantitative estimate of drug-likeness (QED) is 0.719. The Balaban J connectivity index is 1.94. The zero-order valence-electron chi connectivity index (χ0n) is 11.0. The molecule has 4 heteroatoms. The number of rotatable bonds is 5. The molecule has 2 aromatic rings. The van der Waals surface area contributed by atoms with Crippen molar-refractivity contribution in [3.8, 4) is 0 Å². The highest BCUT2D eigenvalue weighted by Crippen LogP contribution is 2.21. The van der Waals surface area contributed by atoms with Gasteiger partial charge in [0, 0.05) is 15.8 Å². The van der Waals surface area contributed by atoms with Crippen molar-refractivity contribution in [3.63, 3.8) is 0 Å². The highest BCUT2D eigenvalue weighted by atomic mass is 79.9. The zero-order chi connectivity index (χ0) is 14.5. The van der Waals surface area contributed by atoms with Gasteiger partial charge in [0.15, 0.2) is 0 Å². The SMILES string of the molecule is Cc1cccc(SCC(=O)Cc2cc(Br)ccc2F)c1. The fraction of sp³-hybridized carbons (Fsp3) is 0.188. The summed E-state index contributed by atoms with van der Waals surface area (Å²) in [6.45, 7) is 2.02. The lowest BCUT2D eigenvalue weighted by Crippen LogP contribution is -2.07. The van der Waals surface area contributed by atoms with E-state index < -0.39 is 0 Å². The van der Waals surface area contributed by atoms with Crippen molar-refractivity contribution in [2.75, 3.05) is 5.75 Å². The number of halogens is 2. The number of benzene rings is 2. The van der Waals surface area contributed by atoms with Crippen molar-refractivity contribution >= 4 is 33.5 Å². The summed E-state index contributed by atoms with van der Waals surface area (Å²) in [4.78, 5) is 13.0. The van der Waals surface area contributed by atoms with Crippen molar-refractivity contribution in [1.29, 1.82) is 0 Å². The molecule has 0 N–H and O–H groups in total. The molecule has 2 rings (SSSR count). The van der Waals surface area contributed by atoms with Gasteiger partial charge in [-0.05, 0) is 42.8 Å². The third-order valence-electron chi connectivity index (χ3n) is 2.78. The van der Waals surface area contributed by atoms with Gasteiger partial charge in [-0.25, -0.2) is 4.39 Å². The molecule has 20 heavy (non-hydrogen) atoms. The third-order valence-corrected chi connectivity index (χ3v) is 4.33. The summed E-state index contributed by atoms with van der Waals surface area (Å²) in [6.07, 6.45) is 0.129. The molecule has 0 aliphatic rings. The first kappa shape index (κ1) is 15.3. The molecule has 0 atom stereocenters. The molecule has 104 valence electrons. The maximum atomic E-state index is 13.6. The van der Waals surface area contributed by atoms with Crippen LogP contribution in [0.4, 0.5) is 4.39 Å². The Bertz CT molecular complexity index is 628. The van der Waals surface area contributed by atoms with Crippen LogP contribution in [0, 0.1) is 12.7 Å². The monoisotopic (exact) mass is 352 g/mol. The molecule has 0 saturated heterocycles. The maximum absolute atomic E-state index is 13.6. The van der Waals surface area contributed by atoms with Gasteiger partial charge >= 0.3 is 0 Å². The Morgan fingerprint density at radius 2 is 2.05 bits per heavy atom. The molecule has 0 amide bonds. The summed E-state index contributed by atoms with van der Waals surface area (Å²) in [6, 6.07) is 12.7. The first-order chi connectivity index (χ1) is 9.54. The van der Waals surface area contributed by atoms with Crippen molar-refractivity contribution in [1.82, 2.24) is 0 Å². The fourth-order valence-corrected chi connectivity index (χ4v) is 3.09. The predicted octanol–water partition coefficient (Wildman–Crippen LogP) is 4.80. The number of hydrogen-bond donors (Lipinski definition) is 0. The molecule has 0 aliphatic heterocycles. The highest BCUT2D eigenvalue weighted by molar-refractivity contribution is 9.10. The largest absolute Gasteiger partial charge is 0.298 e. The molecule has 0 unspecified atom stereocenters. The van der Waals surface area contributed by atoms with Crippen molar-refractivity contribution < 1.29 is 9.18 Å². The number of Topliss-reactive ketones (excluding diaryl/α,β-unsaturated/α-hetero) is 1. The van der Waals surface area contributed by atoms with E-state index in [4.69, 9.17) is 0 Å². The smallest absolute Gasteiger partial charge is 0.147 e. The van der Waals surface area contributed by atoms with Crippen LogP contribution in [-0.4, -0.2) is 11.5 Å². The number of carbonyl (C=O) groups is 1. The average molecular weight is 353 g/mol. The minimum absolute atomic E-state index is 0.0218. The molecular weight excluding hydrogens is 339 g/mol. The van der Waals surface area contributed by atoms with E-state index in [2.05, 4.69) is 15.9 Å². The van der Waals surface area contributed by atoms with Crippen molar-refractivity contribution in [3.05, 3.63) is 63.9 Å². The minimum Gasteiger partial charge on any atom is -0.298 e. The van der Waals surface area contributed by atoms with E-state index in [1.165, 1.54) is 23.4 Å². The average Bonchev–Trinajstić information content (AvgIpc) is 2.41. The Kier molecular flexibility index (Phi) is 5.38. The number of carbonyl (C=O) groups excluding carboxylic acids is 1. The highest BCUT2D eigenvalue weighted by Gasteiger charge is 2.09. The van der Waals surface area contributed by atoms with Crippen molar-refractivity contribution in [2.24, 2.45) is 0 Å². The lowest BCUT2D eigenvalue weighted by atomic mass is 10.1. The fourth-order valence-electron chi connectivity index (χ4n) is 1.81. The number of aryl methyl sites for hydroxylation is 1. The van der Waals surface area contributed by atoms with E-state index in [1.54, 1.807) is 12.1 Å². The van der Waals surface area contributed by atoms with Gasteiger partial charge in [-0.15, -0.1) is 11.8 Å². The van der Waals surface area contributed by atoms with E-state index in [0.717, 1.165) is 9.37 Å². The lowest BCUT2D eigenvalue weighted by Gasteiger charge is -2.04. The zero-order valence-corrected chi connectivity index (χ0v) is 13.4. The number of ketones is 1. The van der Waals surface area contributed by atoms with E-state index in [-0.39, 0.29) is 18.0 Å². The number of hydrogen-bond acceptors (Lipinski definition) is 2. The molecule has 0 fully saturated rings. The Morgan fingerprint density at radius 3 is 2.80 bits per heavy atom. The summed E-state index contributed by atoms with van der Waals surface area (Å²) in [7, 11) is 0. The summed E-state index contributed by atoms with van der Waals surface area (Å²) in [5, 5.41) is 0. The first-order valence-corrected chi connectivity index (χ1v) is 7.97. The van der Waals surface area contributed by atoms with Crippen LogP contribution in [0.5, 0.6) is 0 Å². The Morgan fingerprint density at radius 1 is 1.25 bits per heavy atom. The van der Waals surface area contributed by atoms with Gasteiger partial charge in [-0.3, -0.25) is 4.79 Å². The second-order valence-electron chi connectivity index (χ2n) is 4.56. The molecule has 2 aromatic carbocycles. The predicted molar refractivity (Wildman–Crippen MR) is 84.7 cm³/mol. The van der Waals surface area contributed by atoms with Gasteiger partial charge in [-0.1, -0.05) is 33.6 Å². The second-order valence-corrected chi connectivity index (χ2v) is 6.52. The van der Waals surface area contributed by atoms with Gasteiger partial charge in [0.2, 0.25) is 0 Å². The molecule has 0 heterocycles. The second kappa shape index (κ2) is 7.04. The van der Waals surface area contributed by atoms with Gasteiger partial charge in [0.1, 0.15) is 11.6 Å². The molecule has 0 aromatic heterocycles. The molecule has 0 saturated carbocycles. The molecule has 0 spiro atoms. The summed E-state index contributed by atoms with van der Waals surface area (Å²) in [5.41, 5.74) is 1.61. The van der Waals surface area contributed by atoms with Crippen molar-refractivity contribution in [2.45, 2.75) is 18.2 Å². The normalized spacial score (nSPS) is 10.6. The molecule has 0 radical (unpaired) electrons. The molecule has 1 nitrogen and oxygen atoms in total. The maximum Gasteiger partial charge on any atom is 0.147 e. The first-order valence-electron chi connectivity index (χ1n) is 6.19. The van der Waals surface area contributed by atoms with Crippen LogP contribution in [0.3, 0.4) is 0 Å². The van der Waals surface area contributed by atoms with Crippen LogP contribution in [0.1, 0.15) is 11.1 Å². The molecule has 0 aliphatic carbocycles. The van der Waals surface area contributed by atoms with Gasteiger partial charge in [-0.2, -0.15) is 0 Å². The summed E-state index contributed by atoms with van der Waals surface area (Å²) >= 11 is 4.78.